The second-order valence-corrected chi connectivity index (χ2v) is 7.22. The number of hydrogen-bond acceptors (Lipinski definition) is 6. The van der Waals surface area contributed by atoms with Gasteiger partial charge in [-0.05, 0) is 19.8 Å². The van der Waals surface area contributed by atoms with E-state index < -0.39 is 12.1 Å². The molecule has 1 saturated carbocycles. The molecule has 26 heavy (non-hydrogen) atoms. The number of piperazine rings is 1. The van der Waals surface area contributed by atoms with E-state index in [1.807, 2.05) is 9.80 Å². The lowest BCUT2D eigenvalue weighted by Crippen LogP contribution is -2.57. The van der Waals surface area contributed by atoms with Crippen LogP contribution in [0.25, 0.3) is 0 Å². The normalized spacial score (nSPS) is 23.3. The predicted molar refractivity (Wildman–Crippen MR) is 94.6 cm³/mol. The van der Waals surface area contributed by atoms with Gasteiger partial charge in [0.15, 0.2) is 0 Å². The molecule has 4 amide bonds. The van der Waals surface area contributed by atoms with Gasteiger partial charge in [0.25, 0.3) is 0 Å². The Hall–Kier alpha value is -1.71. The molecule has 0 bridgehead atoms. The molecule has 0 aromatic rings. The van der Waals surface area contributed by atoms with Crippen molar-refractivity contribution in [2.75, 3.05) is 59.0 Å². The van der Waals surface area contributed by atoms with Crippen molar-refractivity contribution in [3.05, 3.63) is 0 Å². The van der Waals surface area contributed by atoms with Crippen molar-refractivity contribution >= 4 is 17.8 Å². The van der Waals surface area contributed by atoms with Crippen molar-refractivity contribution in [3.63, 3.8) is 0 Å². The van der Waals surface area contributed by atoms with Gasteiger partial charge in [-0.25, -0.2) is 4.79 Å². The second-order valence-electron chi connectivity index (χ2n) is 7.22. The SMILES string of the molecule is CC(C(=O)NC(=O)NC1CC1)N1CCN(C(=O)CN2CCOCC2)CC1. The summed E-state index contributed by atoms with van der Waals surface area (Å²) >= 11 is 0. The largest absolute Gasteiger partial charge is 0.379 e. The van der Waals surface area contributed by atoms with Crippen molar-refractivity contribution in [1.82, 2.24) is 25.3 Å². The highest BCUT2D eigenvalue weighted by Gasteiger charge is 2.30. The van der Waals surface area contributed by atoms with Crippen LogP contribution in [0.3, 0.4) is 0 Å². The maximum absolute atomic E-state index is 12.4. The van der Waals surface area contributed by atoms with E-state index in [0.29, 0.717) is 45.9 Å². The van der Waals surface area contributed by atoms with E-state index in [4.69, 9.17) is 4.74 Å². The average Bonchev–Trinajstić information content (AvgIpc) is 3.45. The molecule has 1 aliphatic carbocycles. The van der Waals surface area contributed by atoms with E-state index in [1.165, 1.54) is 0 Å². The molecule has 1 unspecified atom stereocenters. The summed E-state index contributed by atoms with van der Waals surface area (Å²) in [4.78, 5) is 42.3. The van der Waals surface area contributed by atoms with Crippen LogP contribution in [-0.2, 0) is 14.3 Å². The van der Waals surface area contributed by atoms with Crippen LogP contribution in [0.15, 0.2) is 0 Å². The number of nitrogens with one attached hydrogen (secondary N) is 2. The smallest absolute Gasteiger partial charge is 0.321 e. The van der Waals surface area contributed by atoms with Gasteiger partial charge in [-0.15, -0.1) is 0 Å². The van der Waals surface area contributed by atoms with Gasteiger partial charge in [0.1, 0.15) is 0 Å². The molecule has 0 radical (unpaired) electrons. The first-order valence-electron chi connectivity index (χ1n) is 9.46. The molecular formula is C17H29N5O4. The van der Waals surface area contributed by atoms with Crippen LogP contribution in [0.4, 0.5) is 4.79 Å². The molecule has 0 aromatic carbocycles. The summed E-state index contributed by atoms with van der Waals surface area (Å²) < 4.78 is 5.30. The first-order chi connectivity index (χ1) is 12.5. The van der Waals surface area contributed by atoms with E-state index in [2.05, 4.69) is 15.5 Å². The molecule has 2 saturated heterocycles. The minimum Gasteiger partial charge on any atom is -0.379 e. The van der Waals surface area contributed by atoms with Gasteiger partial charge in [-0.2, -0.15) is 0 Å². The summed E-state index contributed by atoms with van der Waals surface area (Å²) in [7, 11) is 0. The summed E-state index contributed by atoms with van der Waals surface area (Å²) in [6, 6.07) is -0.584. The van der Waals surface area contributed by atoms with Gasteiger partial charge in [0.2, 0.25) is 11.8 Å². The first kappa shape index (κ1) is 19.1. The zero-order valence-corrected chi connectivity index (χ0v) is 15.4. The first-order valence-corrected chi connectivity index (χ1v) is 9.46. The van der Waals surface area contributed by atoms with Crippen molar-refractivity contribution in [2.24, 2.45) is 0 Å². The molecule has 146 valence electrons. The highest BCUT2D eigenvalue weighted by molar-refractivity contribution is 5.97. The molecule has 3 fully saturated rings. The number of amides is 4. The van der Waals surface area contributed by atoms with Crippen molar-refractivity contribution in [3.8, 4) is 0 Å². The third-order valence-electron chi connectivity index (χ3n) is 5.21. The molecule has 9 nitrogen and oxygen atoms in total. The van der Waals surface area contributed by atoms with Gasteiger partial charge in [-0.1, -0.05) is 0 Å². The lowest BCUT2D eigenvalue weighted by atomic mass is 10.2. The molecule has 2 heterocycles. The summed E-state index contributed by atoms with van der Waals surface area (Å²) in [6.45, 7) is 7.67. The minimum absolute atomic E-state index is 0.132. The summed E-state index contributed by atoms with van der Waals surface area (Å²) in [5.41, 5.74) is 0. The van der Waals surface area contributed by atoms with Crippen LogP contribution in [0.1, 0.15) is 19.8 Å². The van der Waals surface area contributed by atoms with Gasteiger partial charge in [0.05, 0.1) is 25.8 Å². The summed E-state index contributed by atoms with van der Waals surface area (Å²) in [5.74, 6) is -0.163. The Morgan fingerprint density at radius 1 is 1.04 bits per heavy atom. The van der Waals surface area contributed by atoms with E-state index in [0.717, 1.165) is 25.9 Å². The molecule has 9 heteroatoms. The topological polar surface area (TPSA) is 94.2 Å². The van der Waals surface area contributed by atoms with Crippen LogP contribution in [0, 0.1) is 0 Å². The molecule has 0 aromatic heterocycles. The van der Waals surface area contributed by atoms with Crippen LogP contribution in [0.2, 0.25) is 0 Å². The number of imide groups is 1. The number of nitrogens with zero attached hydrogens (tertiary/aromatic N) is 3. The third-order valence-corrected chi connectivity index (χ3v) is 5.21. The number of urea groups is 1. The van der Waals surface area contributed by atoms with Crippen molar-refractivity contribution in [1.29, 1.82) is 0 Å². The zero-order chi connectivity index (χ0) is 18.5. The number of morpholine rings is 1. The number of carbonyl (C=O) groups excluding carboxylic acids is 3. The van der Waals surface area contributed by atoms with E-state index in [1.54, 1.807) is 6.92 Å². The Balaban J connectivity index is 1.38. The zero-order valence-electron chi connectivity index (χ0n) is 15.4. The number of hydrogen-bond donors (Lipinski definition) is 2. The number of rotatable bonds is 5. The minimum atomic E-state index is -0.413. The molecule has 3 rings (SSSR count). The average molecular weight is 367 g/mol. The summed E-state index contributed by atoms with van der Waals surface area (Å²) in [6.07, 6.45) is 1.97. The number of carbonyl (C=O) groups is 3. The lowest BCUT2D eigenvalue weighted by Gasteiger charge is -2.38. The molecule has 1 atom stereocenters. The van der Waals surface area contributed by atoms with Crippen LogP contribution >= 0.6 is 0 Å². The Morgan fingerprint density at radius 2 is 1.69 bits per heavy atom. The molecule has 0 spiro atoms. The quantitative estimate of drug-likeness (QED) is 0.637. The van der Waals surface area contributed by atoms with Crippen LogP contribution < -0.4 is 10.6 Å². The Bertz CT molecular complexity index is 525. The Morgan fingerprint density at radius 3 is 2.31 bits per heavy atom. The monoisotopic (exact) mass is 367 g/mol. The van der Waals surface area contributed by atoms with Gasteiger partial charge in [-0.3, -0.25) is 24.7 Å². The van der Waals surface area contributed by atoms with Crippen LogP contribution in [-0.4, -0.2) is 104 Å². The highest BCUT2D eigenvalue weighted by Crippen LogP contribution is 2.18. The molecule has 2 aliphatic heterocycles. The van der Waals surface area contributed by atoms with Crippen molar-refractivity contribution < 1.29 is 19.1 Å². The predicted octanol–water partition coefficient (Wildman–Crippen LogP) is -1.16. The highest BCUT2D eigenvalue weighted by atomic mass is 16.5. The molecular weight excluding hydrogens is 338 g/mol. The fourth-order valence-corrected chi connectivity index (χ4v) is 3.24. The van der Waals surface area contributed by atoms with Gasteiger partial charge >= 0.3 is 6.03 Å². The van der Waals surface area contributed by atoms with Gasteiger partial charge in [0, 0.05) is 45.3 Å². The van der Waals surface area contributed by atoms with E-state index in [9.17, 15) is 14.4 Å². The number of ether oxygens (including phenoxy) is 1. The standard InChI is InChI=1S/C17H29N5O4/c1-13(16(24)19-17(25)18-14-2-3-14)21-4-6-22(7-5-21)15(23)12-20-8-10-26-11-9-20/h13-14H,2-12H2,1H3,(H2,18,19,24,25). The molecule has 2 N–H and O–H groups in total. The Kier molecular flexibility index (Phi) is 6.44. The molecule has 3 aliphatic rings. The van der Waals surface area contributed by atoms with E-state index >= 15 is 0 Å². The maximum atomic E-state index is 12.4. The summed E-state index contributed by atoms with van der Waals surface area (Å²) in [5, 5.41) is 5.15. The maximum Gasteiger partial charge on any atom is 0.321 e. The third kappa shape index (κ3) is 5.39. The lowest BCUT2D eigenvalue weighted by molar-refractivity contribution is -0.136. The fraction of sp³-hybridized carbons (Fsp3) is 0.824. The van der Waals surface area contributed by atoms with E-state index in [-0.39, 0.29) is 17.9 Å². The fourth-order valence-electron chi connectivity index (χ4n) is 3.24. The van der Waals surface area contributed by atoms with Crippen LogP contribution in [0.5, 0.6) is 0 Å². The van der Waals surface area contributed by atoms with Crippen molar-refractivity contribution in [2.45, 2.75) is 31.8 Å². The second kappa shape index (κ2) is 8.79. The Labute approximate surface area is 154 Å². The van der Waals surface area contributed by atoms with Gasteiger partial charge < -0.3 is 15.0 Å².